The maximum Gasteiger partial charge on any atom is 0.217 e. The van der Waals surface area contributed by atoms with E-state index in [0.717, 1.165) is 4.90 Å². The Kier molecular flexibility index (Phi) is 8.83. The number of rotatable bonds is 12. The zero-order chi connectivity index (χ0) is 17.4. The van der Waals surface area contributed by atoms with E-state index in [0.29, 0.717) is 0 Å². The second kappa shape index (κ2) is 9.01. The zero-order valence-corrected chi connectivity index (χ0v) is 13.3. The summed E-state index contributed by atoms with van der Waals surface area (Å²) in [6.45, 7) is -2.69. The molecule has 0 spiro atoms. The standard InChI is InChI=1S/C6H15NO12S3/c8-20(9,10)17-4-1-7(2-5-18-21(11,12)13)3-6-19-22(14,15)16/h1-6H2,(H,8,9,10)(H,11,12,13)(H,14,15,16)/p-3. The minimum absolute atomic E-state index is 0.272. The molecule has 0 aromatic heterocycles. The molecule has 0 aromatic carbocycles. The lowest BCUT2D eigenvalue weighted by Gasteiger charge is -2.22. The lowest BCUT2D eigenvalue weighted by Crippen LogP contribution is -2.35. The summed E-state index contributed by atoms with van der Waals surface area (Å²) in [5.41, 5.74) is 0. The summed E-state index contributed by atoms with van der Waals surface area (Å²) in [6, 6.07) is 0. The summed E-state index contributed by atoms with van der Waals surface area (Å²) in [7, 11) is -14.8. The van der Waals surface area contributed by atoms with E-state index < -0.39 is 51.0 Å². The quantitative estimate of drug-likeness (QED) is 0.239. The average molecular weight is 386 g/mol. The molecule has 0 aliphatic rings. The van der Waals surface area contributed by atoms with Crippen LogP contribution in [0.25, 0.3) is 0 Å². The Morgan fingerprint density at radius 1 is 0.591 bits per heavy atom. The maximum atomic E-state index is 10.2. The average Bonchev–Trinajstić information content (AvgIpc) is 2.23. The third-order valence-electron chi connectivity index (χ3n) is 1.91. The van der Waals surface area contributed by atoms with Crippen molar-refractivity contribution in [1.29, 1.82) is 0 Å². The molecule has 0 aliphatic heterocycles. The van der Waals surface area contributed by atoms with Gasteiger partial charge in [0.15, 0.2) is 0 Å². The first-order chi connectivity index (χ1) is 9.79. The molecule has 0 saturated heterocycles. The van der Waals surface area contributed by atoms with Gasteiger partial charge in [-0.15, -0.1) is 0 Å². The van der Waals surface area contributed by atoms with Gasteiger partial charge in [0.25, 0.3) is 0 Å². The van der Waals surface area contributed by atoms with Crippen molar-refractivity contribution >= 4 is 31.2 Å². The van der Waals surface area contributed by atoms with Crippen molar-refractivity contribution < 1.29 is 51.5 Å². The highest BCUT2D eigenvalue weighted by molar-refractivity contribution is 7.81. The van der Waals surface area contributed by atoms with Gasteiger partial charge in [0.05, 0.1) is 19.8 Å². The molecule has 0 saturated carbocycles. The van der Waals surface area contributed by atoms with Crippen molar-refractivity contribution in [3.63, 3.8) is 0 Å². The molecule has 0 unspecified atom stereocenters. The number of hydrogen-bond acceptors (Lipinski definition) is 13. The first-order valence-electron chi connectivity index (χ1n) is 5.31. The number of nitrogens with zero attached hydrogens (tertiary/aromatic N) is 1. The van der Waals surface area contributed by atoms with Gasteiger partial charge in [0.1, 0.15) is 0 Å². The van der Waals surface area contributed by atoms with E-state index in [1.165, 1.54) is 0 Å². The van der Waals surface area contributed by atoms with E-state index in [4.69, 9.17) is 0 Å². The van der Waals surface area contributed by atoms with Gasteiger partial charge in [0, 0.05) is 19.6 Å². The van der Waals surface area contributed by atoms with E-state index in [1.807, 2.05) is 0 Å². The van der Waals surface area contributed by atoms with Crippen LogP contribution in [0.4, 0.5) is 0 Å². The van der Waals surface area contributed by atoms with Gasteiger partial charge in [0.2, 0.25) is 31.2 Å². The van der Waals surface area contributed by atoms with Gasteiger partial charge in [-0.3, -0.25) is 17.4 Å². The van der Waals surface area contributed by atoms with Crippen LogP contribution in [0.1, 0.15) is 0 Å². The van der Waals surface area contributed by atoms with E-state index in [9.17, 15) is 38.9 Å². The summed E-state index contributed by atoms with van der Waals surface area (Å²) < 4.78 is 104. The highest BCUT2D eigenvalue weighted by Crippen LogP contribution is 1.96. The van der Waals surface area contributed by atoms with E-state index in [2.05, 4.69) is 12.5 Å². The first kappa shape index (κ1) is 21.6. The van der Waals surface area contributed by atoms with Gasteiger partial charge < -0.3 is 13.7 Å². The molecule has 16 heteroatoms. The largest absolute Gasteiger partial charge is 0.726 e. The lowest BCUT2D eigenvalue weighted by atomic mass is 10.4. The predicted molar refractivity (Wildman–Crippen MR) is 63.4 cm³/mol. The van der Waals surface area contributed by atoms with Crippen LogP contribution in [0.15, 0.2) is 0 Å². The van der Waals surface area contributed by atoms with E-state index >= 15 is 0 Å². The normalized spacial score (nSPS) is 13.6. The molecular weight excluding hydrogens is 374 g/mol. The molecule has 0 rings (SSSR count). The van der Waals surface area contributed by atoms with Crippen LogP contribution in [-0.4, -0.2) is 83.3 Å². The second-order valence-electron chi connectivity index (χ2n) is 3.53. The molecular formula is C6H12NO12S3-3. The highest BCUT2D eigenvalue weighted by atomic mass is 32.3. The smallest absolute Gasteiger partial charge is 0.217 e. The predicted octanol–water partition coefficient (Wildman–Crippen LogP) is -3.28. The van der Waals surface area contributed by atoms with Crippen molar-refractivity contribution in [2.45, 2.75) is 0 Å². The SMILES string of the molecule is O=S(=O)([O-])OCCN(CCOS(=O)(=O)[O-])CCOS(=O)(=O)[O-]. The molecule has 22 heavy (non-hydrogen) atoms. The van der Waals surface area contributed by atoms with Crippen LogP contribution in [0.5, 0.6) is 0 Å². The molecule has 0 aliphatic carbocycles. The molecule has 0 radical (unpaired) electrons. The first-order valence-corrected chi connectivity index (χ1v) is 9.31. The molecule has 0 heterocycles. The Morgan fingerprint density at radius 2 is 0.818 bits per heavy atom. The van der Waals surface area contributed by atoms with Crippen molar-refractivity contribution in [3.05, 3.63) is 0 Å². The fourth-order valence-corrected chi connectivity index (χ4v) is 1.98. The summed E-state index contributed by atoms with van der Waals surface area (Å²) in [5.74, 6) is 0. The van der Waals surface area contributed by atoms with Crippen LogP contribution in [0, 0.1) is 0 Å². The maximum absolute atomic E-state index is 10.2. The van der Waals surface area contributed by atoms with Crippen LogP contribution >= 0.6 is 0 Å². The van der Waals surface area contributed by atoms with Crippen molar-refractivity contribution in [2.24, 2.45) is 0 Å². The Hall–Kier alpha value is -0.430. The molecule has 13 nitrogen and oxygen atoms in total. The van der Waals surface area contributed by atoms with Crippen LogP contribution in [-0.2, 0) is 43.7 Å². The molecule has 0 amide bonds. The third kappa shape index (κ3) is 15.9. The fourth-order valence-electron chi connectivity index (χ4n) is 1.14. The minimum Gasteiger partial charge on any atom is -0.726 e. The number of hydrogen-bond donors (Lipinski definition) is 0. The van der Waals surface area contributed by atoms with Gasteiger partial charge in [-0.2, -0.15) is 0 Å². The lowest BCUT2D eigenvalue weighted by molar-refractivity contribution is 0.143. The Morgan fingerprint density at radius 3 is 1.00 bits per heavy atom. The summed E-state index contributed by atoms with van der Waals surface area (Å²) in [5, 5.41) is 0. The Labute approximate surface area is 127 Å². The van der Waals surface area contributed by atoms with Gasteiger partial charge >= 0.3 is 0 Å². The zero-order valence-electron chi connectivity index (χ0n) is 10.8. The van der Waals surface area contributed by atoms with Crippen LogP contribution < -0.4 is 0 Å². The monoisotopic (exact) mass is 386 g/mol. The Bertz CT molecular complexity index is 531. The topological polar surface area (TPSA) is 203 Å². The van der Waals surface area contributed by atoms with Gasteiger partial charge in [-0.05, 0) is 0 Å². The van der Waals surface area contributed by atoms with Crippen LogP contribution in [0.3, 0.4) is 0 Å². The van der Waals surface area contributed by atoms with Gasteiger partial charge in [-0.25, -0.2) is 25.3 Å². The highest BCUT2D eigenvalue weighted by Gasteiger charge is 2.08. The van der Waals surface area contributed by atoms with Crippen LogP contribution in [0.2, 0.25) is 0 Å². The van der Waals surface area contributed by atoms with Gasteiger partial charge in [-0.1, -0.05) is 0 Å². The van der Waals surface area contributed by atoms with Crippen molar-refractivity contribution in [2.75, 3.05) is 39.5 Å². The molecule has 0 fully saturated rings. The summed E-state index contributed by atoms with van der Waals surface area (Å²) in [4.78, 5) is 1.14. The summed E-state index contributed by atoms with van der Waals surface area (Å²) >= 11 is 0. The van der Waals surface area contributed by atoms with Crippen molar-refractivity contribution in [1.82, 2.24) is 4.90 Å². The molecule has 134 valence electrons. The molecule has 0 atom stereocenters. The van der Waals surface area contributed by atoms with Crippen molar-refractivity contribution in [3.8, 4) is 0 Å². The molecule has 0 aromatic rings. The third-order valence-corrected chi connectivity index (χ3v) is 3.27. The second-order valence-corrected chi connectivity index (χ2v) is 6.69. The molecule has 0 N–H and O–H groups in total. The molecule has 0 bridgehead atoms. The van der Waals surface area contributed by atoms with E-state index in [-0.39, 0.29) is 19.6 Å². The Balaban J connectivity index is 4.35. The summed E-state index contributed by atoms with van der Waals surface area (Å²) in [6.07, 6.45) is 0. The van der Waals surface area contributed by atoms with E-state index in [1.54, 1.807) is 0 Å². The minimum atomic E-state index is -4.94. The fraction of sp³-hybridized carbons (Fsp3) is 1.00.